The van der Waals surface area contributed by atoms with E-state index in [9.17, 15) is 19.8 Å². The number of aliphatic hydroxyl groups excluding tert-OH is 2. The number of hydrogen-bond acceptors (Lipinski definition) is 7. The Morgan fingerprint density at radius 3 is 2.88 bits per heavy atom. The molecule has 2 aliphatic rings. The number of nitrogens with zero attached hydrogens (tertiary/aromatic N) is 1. The maximum atomic E-state index is 12.0. The fourth-order valence-corrected chi connectivity index (χ4v) is 3.03. The van der Waals surface area contributed by atoms with Crippen LogP contribution in [-0.2, 0) is 14.2 Å². The molecule has 2 fully saturated rings. The SMILES string of the molecule is Cc1cn([C@@H]2O[C@H](CO)[C@@H](OC3CCCCO3)C2O)c(=O)[nH]c1=O. The van der Waals surface area contributed by atoms with Crippen LogP contribution < -0.4 is 11.2 Å². The largest absolute Gasteiger partial charge is 0.394 e. The molecule has 0 spiro atoms. The van der Waals surface area contributed by atoms with Gasteiger partial charge in [-0.3, -0.25) is 14.3 Å². The van der Waals surface area contributed by atoms with Crippen LogP contribution in [0, 0.1) is 6.92 Å². The summed E-state index contributed by atoms with van der Waals surface area (Å²) in [6.45, 7) is 1.76. The van der Waals surface area contributed by atoms with Crippen molar-refractivity contribution < 1.29 is 24.4 Å². The van der Waals surface area contributed by atoms with Crippen molar-refractivity contribution in [3.8, 4) is 0 Å². The summed E-state index contributed by atoms with van der Waals surface area (Å²) in [5.41, 5.74) is -0.877. The average molecular weight is 342 g/mol. The van der Waals surface area contributed by atoms with Crippen LogP contribution in [0.4, 0.5) is 0 Å². The van der Waals surface area contributed by atoms with E-state index in [1.807, 2.05) is 0 Å². The summed E-state index contributed by atoms with van der Waals surface area (Å²) in [7, 11) is 0. The van der Waals surface area contributed by atoms with Crippen molar-refractivity contribution in [2.24, 2.45) is 0 Å². The molecule has 3 rings (SSSR count). The van der Waals surface area contributed by atoms with E-state index >= 15 is 0 Å². The molecule has 0 saturated carbocycles. The van der Waals surface area contributed by atoms with Gasteiger partial charge in [0.15, 0.2) is 12.5 Å². The van der Waals surface area contributed by atoms with Gasteiger partial charge in [-0.25, -0.2) is 4.79 Å². The van der Waals surface area contributed by atoms with Gasteiger partial charge in [-0.1, -0.05) is 0 Å². The van der Waals surface area contributed by atoms with E-state index in [4.69, 9.17) is 14.2 Å². The molecule has 1 aromatic rings. The van der Waals surface area contributed by atoms with Gasteiger partial charge in [-0.15, -0.1) is 0 Å². The zero-order valence-electron chi connectivity index (χ0n) is 13.4. The zero-order chi connectivity index (χ0) is 17.3. The number of nitrogens with one attached hydrogen (secondary N) is 1. The minimum atomic E-state index is -1.18. The topological polar surface area (TPSA) is 123 Å². The monoisotopic (exact) mass is 342 g/mol. The molecule has 5 atom stereocenters. The molecule has 2 unspecified atom stereocenters. The highest BCUT2D eigenvalue weighted by molar-refractivity contribution is 5.03. The lowest BCUT2D eigenvalue weighted by Crippen LogP contribution is -2.42. The highest BCUT2D eigenvalue weighted by Crippen LogP contribution is 2.32. The van der Waals surface area contributed by atoms with Crippen LogP contribution in [0.5, 0.6) is 0 Å². The maximum absolute atomic E-state index is 12.0. The first kappa shape index (κ1) is 17.3. The third-order valence-electron chi connectivity index (χ3n) is 4.36. The number of aromatic amines is 1. The third kappa shape index (κ3) is 3.31. The van der Waals surface area contributed by atoms with Gasteiger partial charge in [0.25, 0.3) is 5.56 Å². The molecule has 24 heavy (non-hydrogen) atoms. The fraction of sp³-hybridized carbons (Fsp3) is 0.733. The summed E-state index contributed by atoms with van der Waals surface area (Å²) in [6, 6.07) is 0. The van der Waals surface area contributed by atoms with Gasteiger partial charge in [-0.2, -0.15) is 0 Å². The number of aromatic nitrogens is 2. The van der Waals surface area contributed by atoms with Crippen LogP contribution in [-0.4, -0.2) is 57.6 Å². The number of rotatable bonds is 4. The molecular formula is C15H22N2O7. The number of H-pyrrole nitrogens is 1. The first-order valence-corrected chi connectivity index (χ1v) is 8.05. The molecule has 3 heterocycles. The van der Waals surface area contributed by atoms with E-state index in [1.165, 1.54) is 6.20 Å². The fourth-order valence-electron chi connectivity index (χ4n) is 3.03. The first-order chi connectivity index (χ1) is 11.5. The van der Waals surface area contributed by atoms with E-state index in [0.717, 1.165) is 17.4 Å². The van der Waals surface area contributed by atoms with E-state index in [0.29, 0.717) is 18.6 Å². The molecule has 1 aromatic heterocycles. The summed E-state index contributed by atoms with van der Waals surface area (Å²) < 4.78 is 18.0. The Bertz CT molecular complexity index is 679. The predicted molar refractivity (Wildman–Crippen MR) is 81.5 cm³/mol. The number of hydrogen-bond donors (Lipinski definition) is 3. The van der Waals surface area contributed by atoms with Gasteiger partial charge >= 0.3 is 5.69 Å². The Balaban J connectivity index is 1.82. The standard InChI is InChI=1S/C15H22N2O7/c1-8-6-17(15(21)16-13(8)20)14-11(19)12(9(7-18)23-14)24-10-4-2-3-5-22-10/h6,9-12,14,18-19H,2-5,7H2,1H3,(H,16,20,21)/t9-,10?,11?,12-,14-/m1/s1. The lowest BCUT2D eigenvalue weighted by molar-refractivity contribution is -0.210. The molecule has 9 heteroatoms. The summed E-state index contributed by atoms with van der Waals surface area (Å²) in [6.07, 6.45) is -0.399. The van der Waals surface area contributed by atoms with Gasteiger partial charge in [0.05, 0.1) is 6.61 Å². The second-order valence-corrected chi connectivity index (χ2v) is 6.11. The number of ether oxygens (including phenoxy) is 3. The van der Waals surface area contributed by atoms with Crippen molar-refractivity contribution in [3.63, 3.8) is 0 Å². The second kappa shape index (κ2) is 7.16. The van der Waals surface area contributed by atoms with Gasteiger partial charge in [0.2, 0.25) is 0 Å². The van der Waals surface area contributed by atoms with Crippen molar-refractivity contribution in [1.29, 1.82) is 0 Å². The van der Waals surface area contributed by atoms with Crippen LogP contribution in [0.2, 0.25) is 0 Å². The second-order valence-electron chi connectivity index (χ2n) is 6.11. The number of aliphatic hydroxyl groups is 2. The average Bonchev–Trinajstić information content (AvgIpc) is 2.88. The van der Waals surface area contributed by atoms with Crippen LogP contribution in [0.1, 0.15) is 31.1 Å². The maximum Gasteiger partial charge on any atom is 0.330 e. The van der Waals surface area contributed by atoms with Crippen molar-refractivity contribution in [1.82, 2.24) is 9.55 Å². The molecule has 0 amide bonds. The predicted octanol–water partition coefficient (Wildman–Crippen LogP) is -0.993. The van der Waals surface area contributed by atoms with Gasteiger partial charge < -0.3 is 24.4 Å². The molecule has 9 nitrogen and oxygen atoms in total. The smallest absolute Gasteiger partial charge is 0.330 e. The minimum Gasteiger partial charge on any atom is -0.394 e. The Morgan fingerprint density at radius 1 is 1.42 bits per heavy atom. The highest BCUT2D eigenvalue weighted by atomic mass is 16.7. The molecule has 0 aromatic carbocycles. The lowest BCUT2D eigenvalue weighted by Gasteiger charge is -2.28. The van der Waals surface area contributed by atoms with Crippen molar-refractivity contribution in [2.75, 3.05) is 13.2 Å². The molecule has 2 aliphatic heterocycles. The van der Waals surface area contributed by atoms with Crippen molar-refractivity contribution in [2.45, 2.75) is 57.0 Å². The zero-order valence-corrected chi connectivity index (χ0v) is 13.4. The summed E-state index contributed by atoms with van der Waals surface area (Å²) in [4.78, 5) is 25.7. The van der Waals surface area contributed by atoms with Crippen molar-refractivity contribution >= 4 is 0 Å². The van der Waals surface area contributed by atoms with Gasteiger partial charge in [0, 0.05) is 18.4 Å². The minimum absolute atomic E-state index is 0.311. The van der Waals surface area contributed by atoms with E-state index in [1.54, 1.807) is 6.92 Å². The van der Waals surface area contributed by atoms with Crippen LogP contribution in [0.15, 0.2) is 15.8 Å². The Hall–Kier alpha value is -1.52. The molecule has 134 valence electrons. The summed E-state index contributed by atoms with van der Waals surface area (Å²) >= 11 is 0. The van der Waals surface area contributed by atoms with Crippen molar-refractivity contribution in [3.05, 3.63) is 32.6 Å². The Morgan fingerprint density at radius 2 is 2.21 bits per heavy atom. The first-order valence-electron chi connectivity index (χ1n) is 8.05. The van der Waals surface area contributed by atoms with Crippen LogP contribution in [0.3, 0.4) is 0 Å². The molecule has 2 saturated heterocycles. The van der Waals surface area contributed by atoms with E-state index in [-0.39, 0.29) is 6.61 Å². The van der Waals surface area contributed by atoms with Crippen LogP contribution in [0.25, 0.3) is 0 Å². The van der Waals surface area contributed by atoms with E-state index in [2.05, 4.69) is 4.98 Å². The molecule has 0 aliphatic carbocycles. The summed E-state index contributed by atoms with van der Waals surface area (Å²) in [5, 5.41) is 20.1. The molecule has 3 N–H and O–H groups in total. The Labute approximate surface area is 137 Å². The molecular weight excluding hydrogens is 320 g/mol. The highest BCUT2D eigenvalue weighted by Gasteiger charge is 2.46. The van der Waals surface area contributed by atoms with Gasteiger partial charge in [-0.05, 0) is 26.2 Å². The van der Waals surface area contributed by atoms with Crippen LogP contribution >= 0.6 is 0 Å². The lowest BCUT2D eigenvalue weighted by atomic mass is 10.1. The molecule has 0 radical (unpaired) electrons. The molecule has 0 bridgehead atoms. The van der Waals surface area contributed by atoms with E-state index < -0.39 is 42.1 Å². The normalized spacial score (nSPS) is 33.7. The number of aryl methyl sites for hydroxylation is 1. The Kier molecular flexibility index (Phi) is 5.16. The van der Waals surface area contributed by atoms with Gasteiger partial charge in [0.1, 0.15) is 18.3 Å². The quantitative estimate of drug-likeness (QED) is 0.642. The summed E-state index contributed by atoms with van der Waals surface area (Å²) in [5.74, 6) is 0. The third-order valence-corrected chi connectivity index (χ3v) is 4.36.